The van der Waals surface area contributed by atoms with Crippen LogP contribution >= 0.6 is 0 Å². The molecule has 0 radical (unpaired) electrons. The Morgan fingerprint density at radius 3 is 1.65 bits per heavy atom. The first-order valence-electron chi connectivity index (χ1n) is 18.2. The summed E-state index contributed by atoms with van der Waals surface area (Å²) in [4.78, 5) is 2.40. The van der Waals surface area contributed by atoms with Gasteiger partial charge < -0.3 is 4.90 Å². The van der Waals surface area contributed by atoms with Gasteiger partial charge in [0.05, 0.1) is 0 Å². The molecule has 0 atom stereocenters. The van der Waals surface area contributed by atoms with E-state index in [-0.39, 0.29) is 5.41 Å². The van der Waals surface area contributed by atoms with Gasteiger partial charge in [-0.2, -0.15) is 0 Å². The Morgan fingerprint density at radius 1 is 0.327 bits per heavy atom. The molecule has 1 aliphatic rings. The maximum atomic E-state index is 2.40. The summed E-state index contributed by atoms with van der Waals surface area (Å²) in [6, 6.07) is 69.2. The lowest BCUT2D eigenvalue weighted by Gasteiger charge is -2.27. The number of nitrogens with zero attached hydrogens (tertiary/aromatic N) is 1. The summed E-state index contributed by atoms with van der Waals surface area (Å²) in [5.41, 5.74) is 13.7. The fourth-order valence-electron chi connectivity index (χ4n) is 8.62. The largest absolute Gasteiger partial charge is 0.310 e. The maximum Gasteiger partial charge on any atom is 0.0468 e. The van der Waals surface area contributed by atoms with E-state index >= 15 is 0 Å². The molecule has 0 bridgehead atoms. The normalized spacial score (nSPS) is 13.0. The second kappa shape index (κ2) is 11.8. The van der Waals surface area contributed by atoms with Gasteiger partial charge in [-0.1, -0.05) is 159 Å². The lowest BCUT2D eigenvalue weighted by atomic mass is 9.82. The van der Waals surface area contributed by atoms with Crippen LogP contribution in [0.2, 0.25) is 0 Å². The van der Waals surface area contributed by atoms with Crippen LogP contribution in [-0.2, 0) is 5.41 Å². The van der Waals surface area contributed by atoms with Crippen molar-refractivity contribution in [1.82, 2.24) is 0 Å². The number of anilines is 3. The van der Waals surface area contributed by atoms with Crippen LogP contribution in [0.5, 0.6) is 0 Å². The van der Waals surface area contributed by atoms with Crippen LogP contribution in [0.4, 0.5) is 17.1 Å². The Hall–Kier alpha value is -6.44. The molecule has 0 unspecified atom stereocenters. The molecule has 0 aromatic heterocycles. The van der Waals surface area contributed by atoms with Crippen LogP contribution < -0.4 is 4.90 Å². The number of rotatable bonds is 5. The molecule has 0 spiro atoms. The van der Waals surface area contributed by atoms with E-state index in [1.807, 2.05) is 0 Å². The van der Waals surface area contributed by atoms with E-state index in [0.29, 0.717) is 0 Å². The van der Waals surface area contributed by atoms with Crippen molar-refractivity contribution in [2.45, 2.75) is 19.3 Å². The second-order valence-electron chi connectivity index (χ2n) is 14.5. The summed E-state index contributed by atoms with van der Waals surface area (Å²) >= 11 is 0. The van der Waals surface area contributed by atoms with E-state index in [4.69, 9.17) is 0 Å². The fourth-order valence-corrected chi connectivity index (χ4v) is 8.62. The molecule has 0 saturated carbocycles. The van der Waals surface area contributed by atoms with Gasteiger partial charge in [0.25, 0.3) is 0 Å². The summed E-state index contributed by atoms with van der Waals surface area (Å²) in [5, 5.41) is 7.69. The summed E-state index contributed by atoms with van der Waals surface area (Å²) in [6.45, 7) is 4.69. The van der Waals surface area contributed by atoms with Crippen LogP contribution in [0, 0.1) is 0 Å². The van der Waals surface area contributed by atoms with Crippen LogP contribution in [0.15, 0.2) is 188 Å². The van der Waals surface area contributed by atoms with Gasteiger partial charge in [0.1, 0.15) is 0 Å². The number of hydrogen-bond donors (Lipinski definition) is 0. The second-order valence-corrected chi connectivity index (χ2v) is 14.5. The third-order valence-corrected chi connectivity index (χ3v) is 11.3. The third-order valence-electron chi connectivity index (χ3n) is 11.3. The molecular weight excluding hydrogens is 627 g/mol. The highest BCUT2D eigenvalue weighted by Gasteiger charge is 2.35. The highest BCUT2D eigenvalue weighted by atomic mass is 15.1. The molecule has 9 aromatic carbocycles. The van der Waals surface area contributed by atoms with Crippen LogP contribution in [-0.4, -0.2) is 0 Å². The summed E-state index contributed by atoms with van der Waals surface area (Å²) in [7, 11) is 0. The minimum Gasteiger partial charge on any atom is -0.310 e. The zero-order valence-corrected chi connectivity index (χ0v) is 29.3. The molecule has 10 rings (SSSR count). The van der Waals surface area contributed by atoms with Crippen LogP contribution in [0.3, 0.4) is 0 Å². The van der Waals surface area contributed by atoms with Crippen molar-refractivity contribution in [2.75, 3.05) is 4.90 Å². The highest BCUT2D eigenvalue weighted by Crippen LogP contribution is 2.51. The minimum atomic E-state index is -0.0395. The molecule has 0 heterocycles. The first-order valence-corrected chi connectivity index (χ1v) is 18.2. The van der Waals surface area contributed by atoms with E-state index in [2.05, 4.69) is 207 Å². The molecule has 9 aromatic rings. The number of hydrogen-bond acceptors (Lipinski definition) is 1. The van der Waals surface area contributed by atoms with E-state index < -0.39 is 0 Å². The smallest absolute Gasteiger partial charge is 0.0468 e. The quantitative estimate of drug-likeness (QED) is 0.166. The van der Waals surface area contributed by atoms with Crippen molar-refractivity contribution in [3.63, 3.8) is 0 Å². The van der Waals surface area contributed by atoms with Gasteiger partial charge in [-0.3, -0.25) is 0 Å². The summed E-state index contributed by atoms with van der Waals surface area (Å²) in [5.74, 6) is 0. The molecule has 1 aliphatic carbocycles. The van der Waals surface area contributed by atoms with Crippen molar-refractivity contribution in [3.05, 3.63) is 199 Å². The Bertz CT molecular complexity index is 2790. The van der Waals surface area contributed by atoms with Crippen molar-refractivity contribution >= 4 is 49.4 Å². The number of benzene rings is 9. The molecule has 0 amide bonds. The van der Waals surface area contributed by atoms with E-state index in [1.165, 1.54) is 76.8 Å². The minimum absolute atomic E-state index is 0.0395. The number of fused-ring (bicyclic) bond motifs is 8. The first-order chi connectivity index (χ1) is 25.5. The predicted molar refractivity (Wildman–Crippen MR) is 222 cm³/mol. The van der Waals surface area contributed by atoms with Crippen molar-refractivity contribution in [1.29, 1.82) is 0 Å². The van der Waals surface area contributed by atoms with Crippen molar-refractivity contribution < 1.29 is 0 Å². The summed E-state index contributed by atoms with van der Waals surface area (Å²) in [6.07, 6.45) is 0. The fraction of sp³-hybridized carbons (Fsp3) is 0.0588. The molecule has 0 aliphatic heterocycles. The lowest BCUT2D eigenvalue weighted by Crippen LogP contribution is -2.15. The highest BCUT2D eigenvalue weighted by molar-refractivity contribution is 6.21. The first kappa shape index (κ1) is 30.4. The molecule has 0 fully saturated rings. The standard InChI is InChI=1S/C51H37N/c1-51(2)49-19-11-10-18-45(49)48-32-40(29-31-50(48)51)52(38-25-20-35(21-26-38)34-12-4-3-5-13-34)39-27-22-37(23-28-39)46-33-47-41-15-7-6-14-36(41)24-30-44(47)42-16-8-9-17-43(42)46/h3-33H,1-2H3. The van der Waals surface area contributed by atoms with E-state index in [9.17, 15) is 0 Å². The molecule has 1 nitrogen and oxygen atoms in total. The van der Waals surface area contributed by atoms with Crippen molar-refractivity contribution in [3.8, 4) is 33.4 Å². The zero-order valence-electron chi connectivity index (χ0n) is 29.3. The van der Waals surface area contributed by atoms with Crippen molar-refractivity contribution in [2.24, 2.45) is 0 Å². The molecule has 0 N–H and O–H groups in total. The van der Waals surface area contributed by atoms with Gasteiger partial charge in [0, 0.05) is 22.5 Å². The molecule has 52 heavy (non-hydrogen) atoms. The van der Waals surface area contributed by atoms with Gasteiger partial charge in [-0.25, -0.2) is 0 Å². The topological polar surface area (TPSA) is 3.24 Å². The van der Waals surface area contributed by atoms with Crippen LogP contribution in [0.1, 0.15) is 25.0 Å². The van der Waals surface area contributed by atoms with Crippen LogP contribution in [0.25, 0.3) is 65.7 Å². The average Bonchev–Trinajstić information content (AvgIpc) is 3.44. The van der Waals surface area contributed by atoms with Gasteiger partial charge in [-0.15, -0.1) is 0 Å². The Kier molecular flexibility index (Phi) is 6.91. The maximum absolute atomic E-state index is 2.40. The SMILES string of the molecule is CC1(C)c2ccccc2-c2cc(N(c3ccc(-c4ccccc4)cc3)c3ccc(-c4cc5c6ccccc6ccc5c5ccccc45)cc3)ccc21. The zero-order chi connectivity index (χ0) is 34.8. The molecular formula is C51H37N. The Balaban J connectivity index is 1.12. The van der Waals surface area contributed by atoms with Gasteiger partial charge >= 0.3 is 0 Å². The van der Waals surface area contributed by atoms with Gasteiger partial charge in [0.15, 0.2) is 0 Å². The predicted octanol–water partition coefficient (Wildman–Crippen LogP) is 14.3. The third kappa shape index (κ3) is 4.77. The van der Waals surface area contributed by atoms with E-state index in [1.54, 1.807) is 0 Å². The average molecular weight is 664 g/mol. The lowest BCUT2D eigenvalue weighted by molar-refractivity contribution is 0.660. The Morgan fingerprint density at radius 2 is 0.885 bits per heavy atom. The van der Waals surface area contributed by atoms with Gasteiger partial charge in [0.2, 0.25) is 0 Å². The Labute approximate surface area is 305 Å². The van der Waals surface area contributed by atoms with E-state index in [0.717, 1.165) is 17.1 Å². The molecule has 0 saturated heterocycles. The molecule has 246 valence electrons. The molecule has 1 heteroatoms. The van der Waals surface area contributed by atoms with Gasteiger partial charge in [-0.05, 0) is 119 Å². The summed E-state index contributed by atoms with van der Waals surface area (Å²) < 4.78 is 0. The monoisotopic (exact) mass is 663 g/mol.